The van der Waals surface area contributed by atoms with E-state index in [0.29, 0.717) is 18.0 Å². The molecule has 4 nitrogen and oxygen atoms in total. The van der Waals surface area contributed by atoms with Crippen molar-refractivity contribution in [2.24, 2.45) is 0 Å². The highest BCUT2D eigenvalue weighted by Gasteiger charge is 2.29. The molecule has 0 aliphatic carbocycles. The molecule has 0 bridgehead atoms. The number of ether oxygens (including phenoxy) is 2. The van der Waals surface area contributed by atoms with Gasteiger partial charge in [0.1, 0.15) is 18.2 Å². The van der Waals surface area contributed by atoms with Gasteiger partial charge in [-0.2, -0.15) is 0 Å². The first-order valence-electron chi connectivity index (χ1n) is 7.99. The van der Waals surface area contributed by atoms with E-state index in [9.17, 15) is 4.79 Å². The number of carbonyl (C=O) groups excluding carboxylic acids is 1. The fourth-order valence-electron chi connectivity index (χ4n) is 3.55. The summed E-state index contributed by atoms with van der Waals surface area (Å²) in [5.74, 6) is 1.24. The van der Waals surface area contributed by atoms with E-state index in [4.69, 9.17) is 9.47 Å². The van der Waals surface area contributed by atoms with Crippen molar-refractivity contribution in [1.29, 1.82) is 0 Å². The predicted octanol–water partition coefficient (Wildman–Crippen LogP) is 3.72. The van der Waals surface area contributed by atoms with Crippen molar-refractivity contribution in [3.63, 3.8) is 0 Å². The Labute approximate surface area is 139 Å². The second-order valence-electron chi connectivity index (χ2n) is 6.23. The minimum Gasteiger partial charge on any atom is -0.477 e. The number of rotatable bonds is 2. The summed E-state index contributed by atoms with van der Waals surface area (Å²) in [5.41, 5.74) is 2.94. The smallest absolute Gasteiger partial charge is 0.344 e. The third-order valence-electron chi connectivity index (χ3n) is 4.61. The van der Waals surface area contributed by atoms with Crippen LogP contribution < -0.4 is 9.47 Å². The Morgan fingerprint density at radius 3 is 2.79 bits per heavy atom. The second-order valence-corrected chi connectivity index (χ2v) is 6.23. The van der Waals surface area contributed by atoms with Crippen molar-refractivity contribution in [3.05, 3.63) is 71.3 Å². The van der Waals surface area contributed by atoms with Crippen molar-refractivity contribution in [2.75, 3.05) is 6.73 Å². The van der Waals surface area contributed by atoms with Crippen LogP contribution in [0.4, 0.5) is 0 Å². The molecule has 0 N–H and O–H groups in total. The SMILES string of the molecule is O=C1Oc2cc3c(c4cccc1c24)OCN(Cc1ccccc1)C3. The molecule has 5 rings (SSSR count). The van der Waals surface area contributed by atoms with Crippen LogP contribution in [0.25, 0.3) is 10.8 Å². The second kappa shape index (κ2) is 5.08. The molecule has 0 atom stereocenters. The molecule has 2 aliphatic heterocycles. The van der Waals surface area contributed by atoms with Crippen LogP contribution >= 0.6 is 0 Å². The Hall–Kier alpha value is -2.85. The van der Waals surface area contributed by atoms with Gasteiger partial charge in [-0.1, -0.05) is 42.5 Å². The summed E-state index contributed by atoms with van der Waals surface area (Å²) in [6, 6.07) is 18.0. The standard InChI is InChI=1S/C20H15NO3/c22-20-16-8-4-7-15-18(16)17(24-20)9-14-11-21(12-23-19(14)15)10-13-5-2-1-3-6-13/h1-9H,10-12H2. The first kappa shape index (κ1) is 13.6. The number of hydrogen-bond acceptors (Lipinski definition) is 4. The molecular formula is C20H15NO3. The van der Waals surface area contributed by atoms with Crippen molar-refractivity contribution in [2.45, 2.75) is 13.1 Å². The van der Waals surface area contributed by atoms with E-state index < -0.39 is 0 Å². The minimum absolute atomic E-state index is 0.279. The summed E-state index contributed by atoms with van der Waals surface area (Å²) in [7, 11) is 0. The topological polar surface area (TPSA) is 38.8 Å². The molecule has 24 heavy (non-hydrogen) atoms. The van der Waals surface area contributed by atoms with Gasteiger partial charge in [-0.3, -0.25) is 4.90 Å². The van der Waals surface area contributed by atoms with Crippen LogP contribution in [-0.2, 0) is 13.1 Å². The van der Waals surface area contributed by atoms with Crippen molar-refractivity contribution < 1.29 is 14.3 Å². The van der Waals surface area contributed by atoms with Crippen LogP contribution in [0, 0.1) is 0 Å². The van der Waals surface area contributed by atoms with E-state index in [-0.39, 0.29) is 5.97 Å². The lowest BCUT2D eigenvalue weighted by Crippen LogP contribution is -2.31. The van der Waals surface area contributed by atoms with E-state index in [1.807, 2.05) is 36.4 Å². The monoisotopic (exact) mass is 317 g/mol. The molecule has 0 radical (unpaired) electrons. The Bertz CT molecular complexity index is 966. The molecule has 0 saturated carbocycles. The van der Waals surface area contributed by atoms with Crippen molar-refractivity contribution in [3.8, 4) is 11.5 Å². The quantitative estimate of drug-likeness (QED) is 0.533. The zero-order valence-corrected chi connectivity index (χ0v) is 13.0. The van der Waals surface area contributed by atoms with Gasteiger partial charge >= 0.3 is 5.97 Å². The fourth-order valence-corrected chi connectivity index (χ4v) is 3.55. The highest BCUT2D eigenvalue weighted by atomic mass is 16.5. The molecule has 0 fully saturated rings. The van der Waals surface area contributed by atoms with Crippen LogP contribution in [0.2, 0.25) is 0 Å². The zero-order valence-electron chi connectivity index (χ0n) is 13.0. The summed E-state index contributed by atoms with van der Waals surface area (Å²) in [4.78, 5) is 14.2. The summed E-state index contributed by atoms with van der Waals surface area (Å²) in [6.45, 7) is 2.14. The predicted molar refractivity (Wildman–Crippen MR) is 90.1 cm³/mol. The van der Waals surface area contributed by atoms with Crippen LogP contribution in [0.15, 0.2) is 54.6 Å². The molecule has 2 heterocycles. The third-order valence-corrected chi connectivity index (χ3v) is 4.61. The van der Waals surface area contributed by atoms with Crippen LogP contribution in [-0.4, -0.2) is 17.6 Å². The van der Waals surface area contributed by atoms with Crippen molar-refractivity contribution in [1.82, 2.24) is 4.90 Å². The maximum atomic E-state index is 12.0. The molecule has 3 aromatic carbocycles. The van der Waals surface area contributed by atoms with Crippen LogP contribution in [0.3, 0.4) is 0 Å². The highest BCUT2D eigenvalue weighted by Crippen LogP contribution is 2.44. The lowest BCUT2D eigenvalue weighted by molar-refractivity contribution is 0.0751. The number of benzene rings is 3. The molecule has 2 aliphatic rings. The molecule has 118 valence electrons. The van der Waals surface area contributed by atoms with E-state index in [2.05, 4.69) is 17.0 Å². The van der Waals surface area contributed by atoms with Gasteiger partial charge in [-0.15, -0.1) is 0 Å². The maximum absolute atomic E-state index is 12.0. The molecule has 0 spiro atoms. The summed E-state index contributed by atoms with van der Waals surface area (Å²) in [5, 5.41) is 1.84. The maximum Gasteiger partial charge on any atom is 0.344 e. The Morgan fingerprint density at radius 2 is 1.92 bits per heavy atom. The van der Waals surface area contributed by atoms with Gasteiger partial charge in [0.15, 0.2) is 0 Å². The van der Waals surface area contributed by atoms with Crippen molar-refractivity contribution >= 4 is 16.7 Å². The van der Waals surface area contributed by atoms with Crippen LogP contribution in [0.5, 0.6) is 11.5 Å². The number of nitrogens with zero attached hydrogens (tertiary/aromatic N) is 1. The molecule has 0 saturated heterocycles. The first-order valence-corrected chi connectivity index (χ1v) is 7.99. The zero-order chi connectivity index (χ0) is 16.1. The number of carbonyl (C=O) groups is 1. The average Bonchev–Trinajstić information content (AvgIpc) is 2.93. The van der Waals surface area contributed by atoms with E-state index in [1.165, 1.54) is 5.56 Å². The molecular weight excluding hydrogens is 302 g/mol. The van der Waals surface area contributed by atoms with E-state index in [1.54, 1.807) is 6.07 Å². The van der Waals surface area contributed by atoms with E-state index >= 15 is 0 Å². The summed E-state index contributed by atoms with van der Waals surface area (Å²) >= 11 is 0. The number of hydrogen-bond donors (Lipinski definition) is 0. The number of fused-ring (bicyclic) bond motifs is 2. The normalized spacial score (nSPS) is 15.9. The lowest BCUT2D eigenvalue weighted by Gasteiger charge is -2.30. The minimum atomic E-state index is -0.279. The van der Waals surface area contributed by atoms with Crippen LogP contribution in [0.1, 0.15) is 21.5 Å². The largest absolute Gasteiger partial charge is 0.477 e. The lowest BCUT2D eigenvalue weighted by atomic mass is 10.00. The summed E-state index contributed by atoms with van der Waals surface area (Å²) in [6.07, 6.45) is 0. The fraction of sp³-hybridized carbons (Fsp3) is 0.150. The number of esters is 1. The first-order chi connectivity index (χ1) is 11.8. The van der Waals surface area contributed by atoms with Gasteiger partial charge in [0.05, 0.1) is 5.56 Å². The van der Waals surface area contributed by atoms with Gasteiger partial charge in [0.2, 0.25) is 0 Å². The highest BCUT2D eigenvalue weighted by molar-refractivity contribution is 6.14. The van der Waals surface area contributed by atoms with E-state index in [0.717, 1.165) is 35.2 Å². The Balaban J connectivity index is 1.54. The van der Waals surface area contributed by atoms with Gasteiger partial charge in [0.25, 0.3) is 0 Å². The van der Waals surface area contributed by atoms with Gasteiger partial charge < -0.3 is 9.47 Å². The summed E-state index contributed by atoms with van der Waals surface area (Å²) < 4.78 is 11.5. The molecule has 0 aromatic heterocycles. The Kier molecular flexibility index (Phi) is 2.87. The van der Waals surface area contributed by atoms with Gasteiger partial charge in [-0.25, -0.2) is 4.79 Å². The van der Waals surface area contributed by atoms with Gasteiger partial charge in [-0.05, 0) is 17.7 Å². The molecule has 4 heteroatoms. The van der Waals surface area contributed by atoms with Gasteiger partial charge in [0, 0.05) is 29.4 Å². The average molecular weight is 317 g/mol. The molecule has 3 aromatic rings. The third kappa shape index (κ3) is 2.00. The Morgan fingerprint density at radius 1 is 1.04 bits per heavy atom. The molecule has 0 amide bonds. The molecule has 0 unspecified atom stereocenters.